The van der Waals surface area contributed by atoms with Crippen molar-refractivity contribution in [2.24, 2.45) is 5.73 Å². The van der Waals surface area contributed by atoms with E-state index in [-0.39, 0.29) is 5.82 Å². The van der Waals surface area contributed by atoms with Gasteiger partial charge in [0.25, 0.3) is 0 Å². The van der Waals surface area contributed by atoms with E-state index in [1.165, 1.54) is 13.2 Å². The van der Waals surface area contributed by atoms with Crippen molar-refractivity contribution in [2.45, 2.75) is 19.4 Å². The number of hydrogen-bond acceptors (Lipinski definition) is 3. The summed E-state index contributed by atoms with van der Waals surface area (Å²) in [4.78, 5) is 0. The third-order valence-electron chi connectivity index (χ3n) is 2.40. The molecule has 1 aromatic rings. The molecule has 0 aliphatic carbocycles. The second-order valence-corrected chi connectivity index (χ2v) is 3.58. The molecule has 0 aliphatic rings. The van der Waals surface area contributed by atoms with Crippen molar-refractivity contribution in [1.82, 2.24) is 0 Å². The van der Waals surface area contributed by atoms with E-state index in [9.17, 15) is 4.39 Å². The van der Waals surface area contributed by atoms with E-state index in [0.717, 1.165) is 12.0 Å². The summed E-state index contributed by atoms with van der Waals surface area (Å²) in [5.74, 6) is 0.279. The van der Waals surface area contributed by atoms with Crippen LogP contribution in [0.3, 0.4) is 0 Å². The van der Waals surface area contributed by atoms with Crippen LogP contribution in [0.4, 0.5) is 4.39 Å². The molecule has 0 fully saturated rings. The number of hydrogen-bond donors (Lipinski definition) is 1. The summed E-state index contributed by atoms with van der Waals surface area (Å²) in [5, 5.41) is 0. The van der Waals surface area contributed by atoms with Crippen LogP contribution in [-0.2, 0) is 17.8 Å². The van der Waals surface area contributed by atoms with Crippen molar-refractivity contribution in [1.29, 1.82) is 0 Å². The minimum Gasteiger partial charge on any atom is -0.496 e. The number of ether oxygens (including phenoxy) is 2. The molecule has 0 unspecified atom stereocenters. The topological polar surface area (TPSA) is 44.5 Å². The Balaban J connectivity index is 2.96. The summed E-state index contributed by atoms with van der Waals surface area (Å²) >= 11 is 0. The lowest BCUT2D eigenvalue weighted by molar-refractivity contribution is 0.181. The number of nitrogens with two attached hydrogens (primary N) is 1. The molecule has 0 amide bonds. The van der Waals surface area contributed by atoms with E-state index in [1.807, 2.05) is 0 Å². The van der Waals surface area contributed by atoms with Gasteiger partial charge in [0.2, 0.25) is 0 Å². The number of halogens is 1. The Hall–Kier alpha value is -1.13. The lowest BCUT2D eigenvalue weighted by atomic mass is 10.0. The highest BCUT2D eigenvalue weighted by Gasteiger charge is 2.09. The molecule has 0 aromatic heterocycles. The molecular formula is C12H18FNO2. The summed E-state index contributed by atoms with van der Waals surface area (Å²) in [6, 6.07) is 3.19. The normalized spacial score (nSPS) is 10.5. The highest BCUT2D eigenvalue weighted by molar-refractivity contribution is 5.38. The number of rotatable bonds is 6. The molecule has 2 N–H and O–H groups in total. The first kappa shape index (κ1) is 12.9. The molecule has 0 aliphatic heterocycles. The number of aryl methyl sites for hydroxylation is 1. The average molecular weight is 227 g/mol. The van der Waals surface area contributed by atoms with Crippen molar-refractivity contribution >= 4 is 0 Å². The summed E-state index contributed by atoms with van der Waals surface area (Å²) < 4.78 is 23.8. The van der Waals surface area contributed by atoms with Gasteiger partial charge in [-0.05, 0) is 31.0 Å². The van der Waals surface area contributed by atoms with Crippen LogP contribution in [0.25, 0.3) is 0 Å². The number of benzene rings is 1. The van der Waals surface area contributed by atoms with Crippen molar-refractivity contribution in [3.8, 4) is 5.75 Å². The Bertz CT molecular complexity index is 342. The maximum atomic E-state index is 13.6. The molecule has 3 nitrogen and oxygen atoms in total. The van der Waals surface area contributed by atoms with Crippen LogP contribution in [0.1, 0.15) is 17.5 Å². The van der Waals surface area contributed by atoms with Gasteiger partial charge in [-0.2, -0.15) is 0 Å². The van der Waals surface area contributed by atoms with E-state index >= 15 is 0 Å². The van der Waals surface area contributed by atoms with Crippen LogP contribution in [0.5, 0.6) is 5.75 Å². The van der Waals surface area contributed by atoms with E-state index < -0.39 is 0 Å². The third kappa shape index (κ3) is 3.18. The van der Waals surface area contributed by atoms with Gasteiger partial charge in [0, 0.05) is 18.7 Å². The number of methoxy groups -OCH3 is 2. The first-order valence-electron chi connectivity index (χ1n) is 5.27. The fourth-order valence-electron chi connectivity index (χ4n) is 1.59. The average Bonchev–Trinajstić information content (AvgIpc) is 2.29. The van der Waals surface area contributed by atoms with Crippen LogP contribution in [-0.4, -0.2) is 20.8 Å². The van der Waals surface area contributed by atoms with E-state index in [4.69, 9.17) is 15.2 Å². The fourth-order valence-corrected chi connectivity index (χ4v) is 1.59. The van der Waals surface area contributed by atoms with Crippen molar-refractivity contribution in [3.05, 3.63) is 29.1 Å². The Morgan fingerprint density at radius 2 is 2.00 bits per heavy atom. The minimum atomic E-state index is -0.245. The summed E-state index contributed by atoms with van der Waals surface area (Å²) in [6.07, 6.45) is 1.42. The molecule has 90 valence electrons. The Labute approximate surface area is 95.4 Å². The molecule has 0 saturated carbocycles. The van der Waals surface area contributed by atoms with E-state index in [1.54, 1.807) is 13.2 Å². The zero-order valence-electron chi connectivity index (χ0n) is 9.75. The molecule has 1 rings (SSSR count). The zero-order chi connectivity index (χ0) is 12.0. The van der Waals surface area contributed by atoms with Gasteiger partial charge in [-0.3, -0.25) is 0 Å². The van der Waals surface area contributed by atoms with Crippen LogP contribution in [0.15, 0.2) is 12.1 Å². The van der Waals surface area contributed by atoms with Crippen LogP contribution >= 0.6 is 0 Å². The summed E-state index contributed by atoms with van der Waals surface area (Å²) in [7, 11) is 3.12. The van der Waals surface area contributed by atoms with Crippen LogP contribution in [0.2, 0.25) is 0 Å². The van der Waals surface area contributed by atoms with Gasteiger partial charge < -0.3 is 15.2 Å². The predicted octanol–water partition coefficient (Wildman–Crippen LogP) is 1.87. The minimum absolute atomic E-state index is 0.245. The van der Waals surface area contributed by atoms with Gasteiger partial charge in [-0.1, -0.05) is 0 Å². The lowest BCUT2D eigenvalue weighted by Crippen LogP contribution is -2.03. The summed E-state index contributed by atoms with van der Waals surface area (Å²) in [5.41, 5.74) is 6.93. The maximum Gasteiger partial charge on any atom is 0.130 e. The molecule has 0 saturated heterocycles. The van der Waals surface area contributed by atoms with Crippen LogP contribution in [0, 0.1) is 5.82 Å². The molecule has 1 aromatic carbocycles. The molecule has 0 spiro atoms. The van der Waals surface area contributed by atoms with Gasteiger partial charge in [-0.15, -0.1) is 0 Å². The molecule has 4 heteroatoms. The highest BCUT2D eigenvalue weighted by Crippen LogP contribution is 2.24. The van der Waals surface area contributed by atoms with Gasteiger partial charge in [-0.25, -0.2) is 4.39 Å². The Kier molecular flexibility index (Phi) is 5.22. The van der Waals surface area contributed by atoms with Crippen molar-refractivity contribution in [3.63, 3.8) is 0 Å². The predicted molar refractivity (Wildman–Crippen MR) is 61.0 cm³/mol. The monoisotopic (exact) mass is 227 g/mol. The largest absolute Gasteiger partial charge is 0.496 e. The van der Waals surface area contributed by atoms with Crippen molar-refractivity contribution in [2.75, 3.05) is 20.8 Å². The SMILES string of the molecule is COCc1cc(CCCN)c(F)cc1OC. The Morgan fingerprint density at radius 3 is 2.56 bits per heavy atom. The van der Waals surface area contributed by atoms with E-state index in [0.29, 0.717) is 30.9 Å². The first-order chi connectivity index (χ1) is 7.72. The van der Waals surface area contributed by atoms with Crippen LogP contribution < -0.4 is 10.5 Å². The van der Waals surface area contributed by atoms with E-state index in [2.05, 4.69) is 0 Å². The van der Waals surface area contributed by atoms with Crippen molar-refractivity contribution < 1.29 is 13.9 Å². The Morgan fingerprint density at radius 1 is 1.25 bits per heavy atom. The second-order valence-electron chi connectivity index (χ2n) is 3.58. The molecule has 0 heterocycles. The maximum absolute atomic E-state index is 13.6. The van der Waals surface area contributed by atoms with Gasteiger partial charge in [0.05, 0.1) is 13.7 Å². The quantitative estimate of drug-likeness (QED) is 0.807. The third-order valence-corrected chi connectivity index (χ3v) is 2.40. The lowest BCUT2D eigenvalue weighted by Gasteiger charge is -2.11. The van der Waals surface area contributed by atoms with Gasteiger partial charge in [0.15, 0.2) is 0 Å². The molecule has 0 radical (unpaired) electrons. The van der Waals surface area contributed by atoms with Gasteiger partial charge >= 0.3 is 0 Å². The second kappa shape index (κ2) is 6.45. The standard InChI is InChI=1S/C12H18FNO2/c1-15-8-10-6-9(4-3-5-14)11(13)7-12(10)16-2/h6-7H,3-5,8,14H2,1-2H3. The fraction of sp³-hybridized carbons (Fsp3) is 0.500. The smallest absolute Gasteiger partial charge is 0.130 e. The molecule has 0 atom stereocenters. The highest BCUT2D eigenvalue weighted by atomic mass is 19.1. The first-order valence-corrected chi connectivity index (χ1v) is 5.27. The molecule has 16 heavy (non-hydrogen) atoms. The zero-order valence-corrected chi connectivity index (χ0v) is 9.75. The molecular weight excluding hydrogens is 209 g/mol. The van der Waals surface area contributed by atoms with Gasteiger partial charge in [0.1, 0.15) is 11.6 Å². The molecule has 0 bridgehead atoms. The summed E-state index contributed by atoms with van der Waals surface area (Å²) in [6.45, 7) is 0.976.